The van der Waals surface area contributed by atoms with Crippen molar-refractivity contribution >= 4 is 33.1 Å². The van der Waals surface area contributed by atoms with Gasteiger partial charge in [0.2, 0.25) is 10.0 Å². The van der Waals surface area contributed by atoms with Crippen molar-refractivity contribution in [3.63, 3.8) is 0 Å². The molecule has 0 N–H and O–H groups in total. The number of ether oxygens (including phenoxy) is 1. The van der Waals surface area contributed by atoms with Crippen molar-refractivity contribution in [3.8, 4) is 12.3 Å². The molecule has 0 bridgehead atoms. The number of carbonyl (C=O) groups is 1. The van der Waals surface area contributed by atoms with Crippen LogP contribution in [0.3, 0.4) is 0 Å². The maximum atomic E-state index is 13.2. The number of thiophene rings is 1. The summed E-state index contributed by atoms with van der Waals surface area (Å²) < 4.78 is 33.2. The summed E-state index contributed by atoms with van der Waals surface area (Å²) in [6, 6.07) is 16.4. The highest BCUT2D eigenvalue weighted by molar-refractivity contribution is 7.89. The van der Waals surface area contributed by atoms with Gasteiger partial charge in [-0.25, -0.2) is 17.5 Å². The van der Waals surface area contributed by atoms with E-state index in [4.69, 9.17) is 11.2 Å². The molecule has 1 amide bonds. The van der Waals surface area contributed by atoms with Gasteiger partial charge in [-0.1, -0.05) is 24.1 Å². The summed E-state index contributed by atoms with van der Waals surface area (Å²) in [5.41, 5.74) is 1.75. The van der Waals surface area contributed by atoms with E-state index in [2.05, 4.69) is 22.3 Å². The highest BCUT2D eigenvalue weighted by Gasteiger charge is 2.30. The zero-order chi connectivity index (χ0) is 30.8. The molecule has 1 aliphatic rings. The molecule has 0 spiro atoms. The fraction of sp³-hybridized carbons (Fsp3) is 0.387. The molecular formula is C31H36N4O6S2. The second-order valence-corrected chi connectivity index (χ2v) is 13.3. The summed E-state index contributed by atoms with van der Waals surface area (Å²) in [6.45, 7) is 2.85. The lowest BCUT2D eigenvalue weighted by Gasteiger charge is -2.37. The molecule has 2 aromatic carbocycles. The van der Waals surface area contributed by atoms with Gasteiger partial charge in [-0.15, -0.1) is 6.42 Å². The normalized spacial score (nSPS) is 15.1. The Labute approximate surface area is 257 Å². The number of benzene rings is 2. The van der Waals surface area contributed by atoms with Crippen LogP contribution in [0.5, 0.6) is 0 Å². The van der Waals surface area contributed by atoms with Crippen molar-refractivity contribution in [1.82, 2.24) is 14.1 Å². The quantitative estimate of drug-likeness (QED) is 0.146. The van der Waals surface area contributed by atoms with Gasteiger partial charge < -0.3 is 9.64 Å². The first kappa shape index (κ1) is 32.2. The lowest BCUT2D eigenvalue weighted by Crippen LogP contribution is -2.48. The third-order valence-corrected chi connectivity index (χ3v) is 10.3. The Morgan fingerprint density at radius 2 is 1.86 bits per heavy atom. The Hall–Kier alpha value is -3.76. The van der Waals surface area contributed by atoms with Crippen molar-refractivity contribution in [2.75, 3.05) is 39.8 Å². The zero-order valence-electron chi connectivity index (χ0n) is 24.1. The first-order valence-corrected chi connectivity index (χ1v) is 16.4. The molecule has 2 heterocycles. The molecule has 1 fully saturated rings. The molecule has 1 saturated heterocycles. The van der Waals surface area contributed by atoms with E-state index in [0.717, 1.165) is 44.5 Å². The number of terminal acetylenes is 1. The molecule has 10 nitrogen and oxygen atoms in total. The largest absolute Gasteiger partial charge is 0.445 e. The molecule has 0 unspecified atom stereocenters. The molecule has 0 radical (unpaired) electrons. The van der Waals surface area contributed by atoms with Crippen molar-refractivity contribution in [1.29, 1.82) is 0 Å². The molecule has 4 rings (SSSR count). The Balaban J connectivity index is 1.30. The molecule has 12 heteroatoms. The van der Waals surface area contributed by atoms with Crippen molar-refractivity contribution in [2.24, 2.45) is 0 Å². The SMILES string of the molecule is C#CCN(C(=O)OCc1ccc([N+](=O)[O-])cc1)C1CCN(CC[C@@H](CN(C)S(=O)(=O)c2ccccc2)c2ccsc2)CC1. The molecule has 3 aromatic rings. The third kappa shape index (κ3) is 8.64. The second-order valence-electron chi connectivity index (χ2n) is 10.5. The number of piperidine rings is 1. The maximum absolute atomic E-state index is 13.2. The van der Waals surface area contributed by atoms with Gasteiger partial charge in [-0.3, -0.25) is 15.0 Å². The molecule has 0 aliphatic carbocycles. The van der Waals surface area contributed by atoms with Crippen LogP contribution >= 0.6 is 11.3 Å². The van der Waals surface area contributed by atoms with Crippen LogP contribution in [0.1, 0.15) is 36.3 Å². The molecule has 1 atom stereocenters. The number of likely N-dealkylation sites (N-methyl/N-ethyl adjacent to an activating group) is 1. The highest BCUT2D eigenvalue weighted by atomic mass is 32.2. The number of nitro benzene ring substituents is 1. The predicted octanol–water partition coefficient (Wildman–Crippen LogP) is 5.19. The van der Waals surface area contributed by atoms with Gasteiger partial charge in [0, 0.05) is 44.9 Å². The van der Waals surface area contributed by atoms with Crippen LogP contribution in [0.25, 0.3) is 0 Å². The predicted molar refractivity (Wildman–Crippen MR) is 166 cm³/mol. The Bertz CT molecular complexity index is 1480. The molecule has 228 valence electrons. The molecule has 0 saturated carbocycles. The second kappa shape index (κ2) is 15.1. The third-order valence-electron chi connectivity index (χ3n) is 7.74. The van der Waals surface area contributed by atoms with Gasteiger partial charge in [0.25, 0.3) is 5.69 Å². The van der Waals surface area contributed by atoms with Gasteiger partial charge in [0.05, 0.1) is 16.4 Å². The van der Waals surface area contributed by atoms with E-state index in [1.54, 1.807) is 65.7 Å². The lowest BCUT2D eigenvalue weighted by molar-refractivity contribution is -0.384. The summed E-state index contributed by atoms with van der Waals surface area (Å²) in [4.78, 5) is 27.5. The minimum absolute atomic E-state index is 0.00481. The Morgan fingerprint density at radius 3 is 2.47 bits per heavy atom. The minimum atomic E-state index is -3.60. The van der Waals surface area contributed by atoms with E-state index in [-0.39, 0.29) is 35.7 Å². The van der Waals surface area contributed by atoms with Crippen LogP contribution in [0.4, 0.5) is 10.5 Å². The number of likely N-dealkylation sites (tertiary alicyclic amines) is 1. The molecule has 1 aliphatic heterocycles. The van der Waals surface area contributed by atoms with Gasteiger partial charge >= 0.3 is 6.09 Å². The average molecular weight is 625 g/mol. The number of rotatable bonds is 13. The average Bonchev–Trinajstić information content (AvgIpc) is 3.56. The zero-order valence-corrected chi connectivity index (χ0v) is 25.7. The van der Waals surface area contributed by atoms with E-state index < -0.39 is 21.0 Å². The van der Waals surface area contributed by atoms with Gasteiger partial charge in [0.15, 0.2) is 0 Å². The monoisotopic (exact) mass is 624 g/mol. The molecule has 43 heavy (non-hydrogen) atoms. The first-order valence-electron chi connectivity index (χ1n) is 14.0. The number of carbonyl (C=O) groups excluding carboxylic acids is 1. The number of amides is 1. The number of hydrogen-bond donors (Lipinski definition) is 0. The van der Waals surface area contributed by atoms with Crippen LogP contribution in [0.15, 0.2) is 76.3 Å². The van der Waals surface area contributed by atoms with Crippen molar-refractivity contribution in [2.45, 2.75) is 42.7 Å². The fourth-order valence-electron chi connectivity index (χ4n) is 5.23. The van der Waals surface area contributed by atoms with Crippen LogP contribution in [0.2, 0.25) is 0 Å². The Morgan fingerprint density at radius 1 is 1.16 bits per heavy atom. The van der Waals surface area contributed by atoms with E-state index in [9.17, 15) is 23.3 Å². The van der Waals surface area contributed by atoms with E-state index >= 15 is 0 Å². The van der Waals surface area contributed by atoms with Crippen LogP contribution < -0.4 is 0 Å². The summed E-state index contributed by atoms with van der Waals surface area (Å²) in [5.74, 6) is 2.60. The summed E-state index contributed by atoms with van der Waals surface area (Å²) >= 11 is 1.60. The summed E-state index contributed by atoms with van der Waals surface area (Å²) in [6.07, 6.45) is 7.33. The molecule has 1 aromatic heterocycles. The fourth-order valence-corrected chi connectivity index (χ4v) is 7.21. The van der Waals surface area contributed by atoms with Crippen molar-refractivity contribution < 1.29 is 22.9 Å². The first-order chi connectivity index (χ1) is 20.7. The van der Waals surface area contributed by atoms with E-state index in [0.29, 0.717) is 12.1 Å². The number of nitrogens with zero attached hydrogens (tertiary/aromatic N) is 4. The van der Waals surface area contributed by atoms with Crippen molar-refractivity contribution in [3.05, 3.63) is 92.7 Å². The Kier molecular flexibility index (Phi) is 11.3. The van der Waals surface area contributed by atoms with Gasteiger partial charge in [-0.2, -0.15) is 11.3 Å². The lowest BCUT2D eigenvalue weighted by atomic mass is 9.97. The number of hydrogen-bond acceptors (Lipinski definition) is 8. The van der Waals surface area contributed by atoms with Crippen LogP contribution in [0, 0.1) is 22.5 Å². The number of non-ortho nitro benzene ring substituents is 1. The van der Waals surface area contributed by atoms with E-state index in [1.165, 1.54) is 16.4 Å². The standard InChI is InChI=1S/C31H36N4O6S2/c1-3-17-34(31(36)41-23-25-9-11-29(12-10-25)35(37)38)28-14-19-33(20-15-28)18-13-26(27-16-21-42-24-27)22-32(2)43(39,40)30-7-5-4-6-8-30/h1,4-12,16,21,24,26,28H,13-15,17-20,22-23H2,2H3/t26-/m0/s1. The molecular weight excluding hydrogens is 588 g/mol. The minimum Gasteiger partial charge on any atom is -0.445 e. The number of nitro groups is 1. The van der Waals surface area contributed by atoms with Gasteiger partial charge in [-0.05, 0) is 83.9 Å². The summed E-state index contributed by atoms with van der Waals surface area (Å²) in [5, 5.41) is 15.0. The van der Waals surface area contributed by atoms with Crippen LogP contribution in [-0.2, 0) is 21.4 Å². The maximum Gasteiger partial charge on any atom is 0.411 e. The number of sulfonamides is 1. The summed E-state index contributed by atoms with van der Waals surface area (Å²) in [7, 11) is -1.96. The van der Waals surface area contributed by atoms with E-state index in [1.807, 2.05) is 5.38 Å². The van der Waals surface area contributed by atoms with Gasteiger partial charge in [0.1, 0.15) is 6.61 Å². The van der Waals surface area contributed by atoms with Crippen LogP contribution in [-0.4, -0.2) is 79.4 Å². The smallest absolute Gasteiger partial charge is 0.411 e. The topological polar surface area (TPSA) is 113 Å². The highest BCUT2D eigenvalue weighted by Crippen LogP contribution is 2.27.